The van der Waals surface area contributed by atoms with E-state index in [4.69, 9.17) is 14.2 Å². The van der Waals surface area contributed by atoms with E-state index in [-0.39, 0.29) is 6.10 Å². The second-order valence-electron chi connectivity index (χ2n) is 4.45. The Labute approximate surface area is 100 Å². The first-order valence-corrected chi connectivity index (χ1v) is 5.91. The molecule has 0 aliphatic carbocycles. The van der Waals surface area contributed by atoms with E-state index in [1.807, 2.05) is 18.2 Å². The van der Waals surface area contributed by atoms with Crippen LogP contribution >= 0.6 is 0 Å². The molecule has 2 atom stereocenters. The summed E-state index contributed by atoms with van der Waals surface area (Å²) in [6, 6.07) is 5.96. The van der Waals surface area contributed by atoms with Gasteiger partial charge in [0.25, 0.3) is 0 Å². The van der Waals surface area contributed by atoms with Crippen LogP contribution in [0.2, 0.25) is 0 Å². The van der Waals surface area contributed by atoms with Gasteiger partial charge in [-0.05, 0) is 16.7 Å². The summed E-state index contributed by atoms with van der Waals surface area (Å²) in [5.74, 6) is 0. The Kier molecular flexibility index (Phi) is 3.11. The summed E-state index contributed by atoms with van der Waals surface area (Å²) in [7, 11) is 0. The molecule has 3 rings (SSSR count). The molecule has 1 aromatic carbocycles. The number of hydrogen-bond acceptors (Lipinski definition) is 4. The van der Waals surface area contributed by atoms with Crippen molar-refractivity contribution in [3.8, 4) is 0 Å². The monoisotopic (exact) mass is 236 g/mol. The van der Waals surface area contributed by atoms with Crippen molar-refractivity contribution in [2.24, 2.45) is 0 Å². The van der Waals surface area contributed by atoms with Crippen LogP contribution in [-0.4, -0.2) is 31.0 Å². The minimum Gasteiger partial charge on any atom is -0.386 e. The van der Waals surface area contributed by atoms with Gasteiger partial charge in [0.15, 0.2) is 0 Å². The molecule has 1 N–H and O–H groups in total. The van der Waals surface area contributed by atoms with Gasteiger partial charge in [0.05, 0.1) is 33.0 Å². The normalized spacial score (nSPS) is 25.6. The average Bonchev–Trinajstić information content (AvgIpc) is 2.86. The molecule has 0 radical (unpaired) electrons. The molecule has 4 nitrogen and oxygen atoms in total. The van der Waals surface area contributed by atoms with Gasteiger partial charge in [-0.3, -0.25) is 0 Å². The van der Waals surface area contributed by atoms with Crippen molar-refractivity contribution in [2.75, 3.05) is 19.8 Å². The fourth-order valence-electron chi connectivity index (χ4n) is 2.28. The lowest BCUT2D eigenvalue weighted by Crippen LogP contribution is -2.33. The summed E-state index contributed by atoms with van der Waals surface area (Å²) < 4.78 is 16.2. The van der Waals surface area contributed by atoms with Gasteiger partial charge in [-0.1, -0.05) is 18.2 Å². The molecule has 2 aliphatic rings. The van der Waals surface area contributed by atoms with Crippen molar-refractivity contribution < 1.29 is 19.3 Å². The molecule has 2 heterocycles. The molecular formula is C13H16O4. The number of fused-ring (bicyclic) bond motifs is 1. The third-order valence-electron chi connectivity index (χ3n) is 3.28. The SMILES string of the molecule is OC(c1ccc2c(c1)COC2)C1COCCO1. The summed E-state index contributed by atoms with van der Waals surface area (Å²) in [5.41, 5.74) is 3.25. The molecule has 92 valence electrons. The zero-order valence-electron chi connectivity index (χ0n) is 9.59. The number of rotatable bonds is 2. The van der Waals surface area contributed by atoms with Gasteiger partial charge in [0.2, 0.25) is 0 Å². The van der Waals surface area contributed by atoms with E-state index in [9.17, 15) is 5.11 Å². The first kappa shape index (κ1) is 11.2. The van der Waals surface area contributed by atoms with Crippen molar-refractivity contribution in [1.29, 1.82) is 0 Å². The third-order valence-corrected chi connectivity index (χ3v) is 3.28. The van der Waals surface area contributed by atoms with Crippen molar-refractivity contribution in [3.63, 3.8) is 0 Å². The van der Waals surface area contributed by atoms with E-state index in [0.717, 1.165) is 5.56 Å². The minimum absolute atomic E-state index is 0.260. The van der Waals surface area contributed by atoms with E-state index in [2.05, 4.69) is 0 Å². The van der Waals surface area contributed by atoms with Crippen LogP contribution < -0.4 is 0 Å². The molecule has 2 aliphatic heterocycles. The van der Waals surface area contributed by atoms with Crippen LogP contribution in [0.25, 0.3) is 0 Å². The molecule has 2 unspecified atom stereocenters. The zero-order chi connectivity index (χ0) is 11.7. The van der Waals surface area contributed by atoms with Gasteiger partial charge in [0.1, 0.15) is 12.2 Å². The first-order valence-electron chi connectivity index (χ1n) is 5.91. The van der Waals surface area contributed by atoms with Crippen LogP contribution in [0.4, 0.5) is 0 Å². The van der Waals surface area contributed by atoms with Gasteiger partial charge in [0, 0.05) is 0 Å². The molecule has 0 amide bonds. The van der Waals surface area contributed by atoms with Gasteiger partial charge < -0.3 is 19.3 Å². The number of hydrogen-bond donors (Lipinski definition) is 1. The lowest BCUT2D eigenvalue weighted by Gasteiger charge is -2.27. The topological polar surface area (TPSA) is 47.9 Å². The lowest BCUT2D eigenvalue weighted by molar-refractivity contribution is -0.133. The molecular weight excluding hydrogens is 220 g/mol. The highest BCUT2D eigenvalue weighted by molar-refractivity contribution is 5.34. The summed E-state index contributed by atoms with van der Waals surface area (Å²) in [6.45, 7) is 2.93. The van der Waals surface area contributed by atoms with Crippen LogP contribution in [-0.2, 0) is 27.4 Å². The molecule has 1 aromatic rings. The standard InChI is InChI=1S/C13H16O4/c14-13(12-8-15-3-4-17-12)9-1-2-10-6-16-7-11(10)5-9/h1-2,5,12-14H,3-4,6-8H2. The van der Waals surface area contributed by atoms with Crippen molar-refractivity contribution in [3.05, 3.63) is 34.9 Å². The molecule has 4 heteroatoms. The van der Waals surface area contributed by atoms with E-state index in [0.29, 0.717) is 33.0 Å². The van der Waals surface area contributed by atoms with Crippen LogP contribution in [0, 0.1) is 0 Å². The Morgan fingerprint density at radius 3 is 2.82 bits per heavy atom. The average molecular weight is 236 g/mol. The largest absolute Gasteiger partial charge is 0.386 e. The summed E-state index contributed by atoms with van der Waals surface area (Å²) >= 11 is 0. The molecule has 1 fully saturated rings. The Bertz CT molecular complexity index is 398. The second-order valence-corrected chi connectivity index (χ2v) is 4.45. The molecule has 0 spiro atoms. The Hall–Kier alpha value is -0.940. The Morgan fingerprint density at radius 1 is 1.12 bits per heavy atom. The van der Waals surface area contributed by atoms with Crippen molar-refractivity contribution in [1.82, 2.24) is 0 Å². The van der Waals surface area contributed by atoms with Gasteiger partial charge in [-0.25, -0.2) is 0 Å². The highest BCUT2D eigenvalue weighted by Crippen LogP contribution is 2.27. The van der Waals surface area contributed by atoms with E-state index in [1.54, 1.807) is 0 Å². The fourth-order valence-corrected chi connectivity index (χ4v) is 2.28. The van der Waals surface area contributed by atoms with E-state index >= 15 is 0 Å². The van der Waals surface area contributed by atoms with Crippen molar-refractivity contribution >= 4 is 0 Å². The molecule has 0 aromatic heterocycles. The van der Waals surface area contributed by atoms with Crippen LogP contribution in [0.5, 0.6) is 0 Å². The van der Waals surface area contributed by atoms with Crippen LogP contribution in [0.15, 0.2) is 18.2 Å². The Morgan fingerprint density at radius 2 is 2.00 bits per heavy atom. The fraction of sp³-hybridized carbons (Fsp3) is 0.538. The summed E-state index contributed by atoms with van der Waals surface area (Å²) in [5, 5.41) is 10.2. The first-order chi connectivity index (χ1) is 8.34. The van der Waals surface area contributed by atoms with Crippen LogP contribution in [0.1, 0.15) is 22.8 Å². The van der Waals surface area contributed by atoms with Crippen molar-refractivity contribution in [2.45, 2.75) is 25.4 Å². The Balaban J connectivity index is 1.78. The van der Waals surface area contributed by atoms with E-state index < -0.39 is 6.10 Å². The van der Waals surface area contributed by atoms with Gasteiger partial charge in [-0.15, -0.1) is 0 Å². The highest BCUT2D eigenvalue weighted by atomic mass is 16.6. The maximum Gasteiger partial charge on any atom is 0.111 e. The number of benzene rings is 1. The highest BCUT2D eigenvalue weighted by Gasteiger charge is 2.25. The minimum atomic E-state index is -0.624. The molecule has 1 saturated heterocycles. The second kappa shape index (κ2) is 4.74. The van der Waals surface area contributed by atoms with Gasteiger partial charge >= 0.3 is 0 Å². The number of ether oxygens (including phenoxy) is 3. The molecule has 17 heavy (non-hydrogen) atoms. The van der Waals surface area contributed by atoms with E-state index in [1.165, 1.54) is 11.1 Å². The smallest absolute Gasteiger partial charge is 0.111 e. The quantitative estimate of drug-likeness (QED) is 0.837. The maximum atomic E-state index is 10.2. The third kappa shape index (κ3) is 2.21. The zero-order valence-corrected chi connectivity index (χ0v) is 9.59. The number of aliphatic hydroxyl groups excluding tert-OH is 1. The maximum absolute atomic E-state index is 10.2. The molecule has 0 bridgehead atoms. The summed E-state index contributed by atoms with van der Waals surface area (Å²) in [4.78, 5) is 0. The predicted octanol–water partition coefficient (Wildman–Crippen LogP) is 1.17. The molecule has 0 saturated carbocycles. The van der Waals surface area contributed by atoms with Gasteiger partial charge in [-0.2, -0.15) is 0 Å². The lowest BCUT2D eigenvalue weighted by atomic mass is 9.99. The summed E-state index contributed by atoms with van der Waals surface area (Å²) in [6.07, 6.45) is -0.884. The predicted molar refractivity (Wildman–Crippen MR) is 60.5 cm³/mol. The van der Waals surface area contributed by atoms with Crippen LogP contribution in [0.3, 0.4) is 0 Å². The number of aliphatic hydroxyl groups is 1.